The maximum absolute atomic E-state index is 10.1. The van der Waals surface area contributed by atoms with Crippen LogP contribution in [0.15, 0.2) is 0 Å². The second-order valence-electron chi connectivity index (χ2n) is 19.1. The Morgan fingerprint density at radius 3 is 0.235 bits per heavy atom. The number of rotatable bonds is 24. The van der Waals surface area contributed by atoms with Crippen LogP contribution in [0.4, 0.5) is 0 Å². The molecule has 20 nitrogen and oxygen atoms in total. The molecule has 0 saturated carbocycles. The predicted molar refractivity (Wildman–Crippen MR) is 267 cm³/mol. The van der Waals surface area contributed by atoms with Crippen LogP contribution in [0.3, 0.4) is 0 Å². The minimum Gasteiger partial charge on any atom is -0.854 e. The molecule has 0 aliphatic rings. The van der Waals surface area contributed by atoms with Crippen molar-refractivity contribution < 1.29 is 211 Å². The molecule has 0 aromatic carbocycles. The van der Waals surface area contributed by atoms with E-state index in [9.17, 15) is 102 Å². The summed E-state index contributed by atoms with van der Waals surface area (Å²) in [6.07, 6.45) is -1.54. The third kappa shape index (κ3) is 295. The molecule has 81 heavy (non-hydrogen) atoms. The topological polar surface area (TPSA) is 461 Å². The van der Waals surface area contributed by atoms with E-state index < -0.39 is 97.7 Å². The Kier molecular flexibility index (Phi) is 176. The largest absolute Gasteiger partial charge is 4.00 e. The zero-order valence-corrected chi connectivity index (χ0v) is 61.9. The molecule has 480 valence electrons. The molecule has 0 rings (SSSR count). The summed E-state index contributed by atoms with van der Waals surface area (Å²) in [5.74, 6) is 0. The van der Waals surface area contributed by atoms with Gasteiger partial charge >= 0.3 is 109 Å². The van der Waals surface area contributed by atoms with E-state index in [-0.39, 0.29) is 186 Å². The molecule has 0 radical (unpaired) electrons. The van der Waals surface area contributed by atoms with Crippen molar-refractivity contribution >= 4 is 0 Å². The molecule has 0 aliphatic heterocycles. The molecule has 16 unspecified atom stereocenters. The normalized spacial score (nSPS) is 15.1. The Labute approximate surface area is 571 Å². The second-order valence-corrected chi connectivity index (χ2v) is 19.1. The van der Waals surface area contributed by atoms with Crippen molar-refractivity contribution in [2.75, 3.05) is 26.4 Å². The van der Waals surface area contributed by atoms with Gasteiger partial charge in [-0.1, -0.05) is 241 Å². The molecule has 25 heteroatoms. The van der Waals surface area contributed by atoms with E-state index in [4.69, 9.17) is 0 Å². The Morgan fingerprint density at radius 1 is 0.173 bits per heavy atom. The van der Waals surface area contributed by atoms with Crippen molar-refractivity contribution in [1.82, 2.24) is 0 Å². The van der Waals surface area contributed by atoms with E-state index in [0.29, 0.717) is 0 Å². The quantitative estimate of drug-likeness (QED) is 0.0810. The Morgan fingerprint density at radius 2 is 0.235 bits per heavy atom. The predicted octanol–water partition coefficient (Wildman–Crippen LogP) is -8.43. The van der Waals surface area contributed by atoms with Crippen LogP contribution in [0.2, 0.25) is 0 Å². The van der Waals surface area contributed by atoms with Crippen molar-refractivity contribution in [1.29, 1.82) is 0 Å². The molecule has 0 amide bonds. The monoisotopic (exact) mass is 1350 g/mol. The van der Waals surface area contributed by atoms with Crippen molar-refractivity contribution in [2.45, 2.75) is 339 Å². The summed E-state index contributed by atoms with van der Waals surface area (Å²) in [7, 11) is 0. The fourth-order valence-corrected chi connectivity index (χ4v) is 4.32. The molecule has 0 fully saturated rings. The molecular weight excluding hydrogens is 1230 g/mol. The first-order chi connectivity index (χ1) is 34.7. The zero-order valence-electron chi connectivity index (χ0n) is 54.0. The van der Waals surface area contributed by atoms with Crippen molar-refractivity contribution in [3.05, 3.63) is 0 Å². The van der Waals surface area contributed by atoms with E-state index >= 15 is 0 Å². The molecule has 0 heterocycles. The number of unbranched alkanes of at least 4 members (excludes halogenated alkanes) is 4. The van der Waals surface area contributed by atoms with Gasteiger partial charge in [-0.05, 0) is 0 Å². The van der Waals surface area contributed by atoms with Gasteiger partial charge in [0.1, 0.15) is 0 Å². The molecule has 0 aromatic rings. The molecule has 0 spiro atoms. The number of hydrogen-bond donors (Lipinski definition) is 0. The van der Waals surface area contributed by atoms with Gasteiger partial charge in [-0.25, -0.2) is 0 Å². The summed E-state index contributed by atoms with van der Waals surface area (Å²) in [5, 5.41) is 200. The van der Waals surface area contributed by atoms with Crippen LogP contribution in [0.25, 0.3) is 0 Å². The van der Waals surface area contributed by atoms with E-state index in [1.807, 2.05) is 27.7 Å². The van der Waals surface area contributed by atoms with Crippen LogP contribution < -0.4 is 102 Å². The first-order valence-corrected chi connectivity index (χ1v) is 27.5. The molecule has 0 aromatic heterocycles. The van der Waals surface area contributed by atoms with E-state index in [2.05, 4.69) is 0 Å². The van der Waals surface area contributed by atoms with Gasteiger partial charge in [0.15, 0.2) is 0 Å². The average Bonchev–Trinajstić information content (AvgIpc) is 3.18. The van der Waals surface area contributed by atoms with Crippen molar-refractivity contribution in [3.8, 4) is 0 Å². The summed E-state index contributed by atoms with van der Waals surface area (Å²) in [4.78, 5) is 0. The second kappa shape index (κ2) is 111. The van der Waals surface area contributed by atoms with Gasteiger partial charge in [-0.2, -0.15) is 0 Å². The average molecular weight is 1350 g/mol. The summed E-state index contributed by atoms with van der Waals surface area (Å²) in [5.41, 5.74) is 0. The molecular formula is C56H116O20Ti5. The van der Waals surface area contributed by atoms with Crippen LogP contribution >= 0.6 is 0 Å². The smallest absolute Gasteiger partial charge is 0.854 e. The minimum absolute atomic E-state index is 0. The maximum atomic E-state index is 10.1. The van der Waals surface area contributed by atoms with E-state index in [1.165, 1.54) is 111 Å². The Hall–Kier alpha value is 2.77. The fourth-order valence-electron chi connectivity index (χ4n) is 4.32. The summed E-state index contributed by atoms with van der Waals surface area (Å²) >= 11 is 0. The number of hydrogen-bond acceptors (Lipinski definition) is 20. The first-order valence-electron chi connectivity index (χ1n) is 27.5. The van der Waals surface area contributed by atoms with Gasteiger partial charge in [-0.3, -0.25) is 0 Å². The van der Waals surface area contributed by atoms with Crippen LogP contribution in [0.5, 0.6) is 0 Å². The van der Waals surface area contributed by atoms with E-state index in [0.717, 1.165) is 51.4 Å². The van der Waals surface area contributed by atoms with Gasteiger partial charge in [0.05, 0.1) is 0 Å². The summed E-state index contributed by atoms with van der Waals surface area (Å²) in [6, 6.07) is 0. The van der Waals surface area contributed by atoms with Crippen LogP contribution in [0.1, 0.15) is 241 Å². The third-order valence-corrected chi connectivity index (χ3v) is 7.30. The van der Waals surface area contributed by atoms with Gasteiger partial charge in [0.25, 0.3) is 0 Å². The molecule has 0 N–H and O–H groups in total. The van der Waals surface area contributed by atoms with Gasteiger partial charge in [0.2, 0.25) is 0 Å². The third-order valence-electron chi connectivity index (χ3n) is 7.30. The molecule has 0 bridgehead atoms. The van der Waals surface area contributed by atoms with Crippen LogP contribution in [-0.4, -0.2) is 124 Å². The standard InChI is InChI=1S/8C5H10O2.4C4H9O.5Ti/c8*1-4(6)3-5(2)7;4*1-2-3-4-5;;;;;/h8*4-5H,3H2,1-2H3;4*2-4H2,1H3;;;;;/q8*-2;4*-1;5*+4. The maximum Gasteiger partial charge on any atom is 4.00 e. The summed E-state index contributed by atoms with van der Waals surface area (Å²) in [6.45, 7) is 32.6. The van der Waals surface area contributed by atoms with Crippen molar-refractivity contribution in [2.24, 2.45) is 0 Å². The molecule has 0 aliphatic carbocycles. The first kappa shape index (κ1) is 129. The Balaban J connectivity index is -0.0000000367. The zero-order chi connectivity index (χ0) is 63.4. The Bertz CT molecular complexity index is 638. The van der Waals surface area contributed by atoms with Crippen LogP contribution in [-0.2, 0) is 109 Å². The van der Waals surface area contributed by atoms with Gasteiger partial charge in [-0.15, -0.1) is 124 Å². The van der Waals surface area contributed by atoms with Gasteiger partial charge < -0.3 is 102 Å². The van der Waals surface area contributed by atoms with Crippen LogP contribution in [0, 0.1) is 0 Å². The fraction of sp³-hybridized carbons (Fsp3) is 1.00. The van der Waals surface area contributed by atoms with Crippen molar-refractivity contribution in [3.63, 3.8) is 0 Å². The SMILES string of the molecule is CC([O-])CC(C)[O-].CC([O-])CC(C)[O-].CC([O-])CC(C)[O-].CC([O-])CC(C)[O-].CC([O-])CC(C)[O-].CC([O-])CC(C)[O-].CC([O-])CC(C)[O-].CC([O-])CC(C)[O-].CCCC[O-].CCCC[O-].CCCC[O-].CCCC[O-].[Ti+4].[Ti+4].[Ti+4].[Ti+4].[Ti+4]. The minimum atomic E-state index is -0.688. The summed E-state index contributed by atoms with van der Waals surface area (Å²) < 4.78 is 0. The van der Waals surface area contributed by atoms with Gasteiger partial charge in [0, 0.05) is 0 Å². The van der Waals surface area contributed by atoms with E-state index in [1.54, 1.807) is 0 Å². The molecule has 16 atom stereocenters. The molecule has 0 saturated heterocycles.